The van der Waals surface area contributed by atoms with Crippen LogP contribution in [0.3, 0.4) is 0 Å². The number of pyridine rings is 1. The highest BCUT2D eigenvalue weighted by molar-refractivity contribution is 5.95. The molecule has 4 rings (SSSR count). The first-order valence-electron chi connectivity index (χ1n) is 8.84. The number of hydrogen-bond donors (Lipinski definition) is 1. The molecule has 3 heterocycles. The molecule has 138 valence electrons. The number of hydrogen-bond acceptors (Lipinski definition) is 3. The summed E-state index contributed by atoms with van der Waals surface area (Å²) in [6.07, 6.45) is 4.55. The zero-order valence-corrected chi connectivity index (χ0v) is 14.6. The first-order valence-corrected chi connectivity index (χ1v) is 8.84. The number of primary amides is 1. The van der Waals surface area contributed by atoms with Crippen LogP contribution in [0.5, 0.6) is 0 Å². The van der Waals surface area contributed by atoms with Gasteiger partial charge in [-0.2, -0.15) is 0 Å². The molecule has 2 aromatic heterocycles. The molecule has 0 unspecified atom stereocenters. The molecule has 2 N–H and O–H groups in total. The summed E-state index contributed by atoms with van der Waals surface area (Å²) in [6, 6.07) is 10.1. The number of aromatic nitrogens is 2. The number of piperidine rings is 1. The largest absolute Gasteiger partial charge is 0.369 e. The van der Waals surface area contributed by atoms with Crippen LogP contribution in [0.25, 0.3) is 16.9 Å². The molecule has 1 saturated heterocycles. The molecule has 27 heavy (non-hydrogen) atoms. The fourth-order valence-electron chi connectivity index (χ4n) is 3.53. The third-order valence-corrected chi connectivity index (χ3v) is 5.01. The summed E-state index contributed by atoms with van der Waals surface area (Å²) < 4.78 is 15.2. The first-order chi connectivity index (χ1) is 13.0. The molecule has 0 radical (unpaired) electrons. The van der Waals surface area contributed by atoms with Gasteiger partial charge in [-0.1, -0.05) is 12.1 Å². The minimum atomic E-state index is -0.359. The Labute approximate surface area is 155 Å². The number of amides is 2. The molecule has 0 spiro atoms. The van der Waals surface area contributed by atoms with Gasteiger partial charge in [0, 0.05) is 30.4 Å². The number of benzene rings is 1. The second-order valence-electron chi connectivity index (χ2n) is 6.79. The SMILES string of the molecule is NC(=O)[C@@H]1CCCN(C(=O)c2ccc(-c3cnc4ccc(F)cn34)cc2)C1. The van der Waals surface area contributed by atoms with Crippen LogP contribution in [-0.4, -0.2) is 39.2 Å². The van der Waals surface area contributed by atoms with Gasteiger partial charge in [-0.25, -0.2) is 9.37 Å². The summed E-state index contributed by atoms with van der Waals surface area (Å²) in [5, 5.41) is 0. The van der Waals surface area contributed by atoms with Crippen LogP contribution in [0.2, 0.25) is 0 Å². The Hall–Kier alpha value is -3.22. The third-order valence-electron chi connectivity index (χ3n) is 5.01. The van der Waals surface area contributed by atoms with Gasteiger partial charge >= 0.3 is 0 Å². The lowest BCUT2D eigenvalue weighted by Crippen LogP contribution is -2.44. The van der Waals surface area contributed by atoms with E-state index in [0.717, 1.165) is 24.1 Å². The van der Waals surface area contributed by atoms with Crippen molar-refractivity contribution in [2.45, 2.75) is 12.8 Å². The summed E-state index contributed by atoms with van der Waals surface area (Å²) in [6.45, 7) is 0.985. The lowest BCUT2D eigenvalue weighted by molar-refractivity contribution is -0.123. The van der Waals surface area contributed by atoms with Crippen molar-refractivity contribution < 1.29 is 14.0 Å². The number of carbonyl (C=O) groups is 2. The van der Waals surface area contributed by atoms with Crippen molar-refractivity contribution in [3.8, 4) is 11.3 Å². The van der Waals surface area contributed by atoms with Gasteiger partial charge in [-0.05, 0) is 37.1 Å². The van der Waals surface area contributed by atoms with E-state index in [1.165, 1.54) is 12.3 Å². The Kier molecular flexibility index (Phi) is 4.35. The van der Waals surface area contributed by atoms with Crippen molar-refractivity contribution in [1.82, 2.24) is 14.3 Å². The topological polar surface area (TPSA) is 80.7 Å². The number of carbonyl (C=O) groups excluding carboxylic acids is 2. The van der Waals surface area contributed by atoms with Crippen molar-refractivity contribution >= 4 is 17.5 Å². The second-order valence-corrected chi connectivity index (χ2v) is 6.79. The number of imidazole rings is 1. The van der Waals surface area contributed by atoms with Crippen molar-refractivity contribution in [1.29, 1.82) is 0 Å². The third kappa shape index (κ3) is 3.28. The highest BCUT2D eigenvalue weighted by atomic mass is 19.1. The van der Waals surface area contributed by atoms with Gasteiger partial charge in [-0.3, -0.25) is 14.0 Å². The van der Waals surface area contributed by atoms with E-state index >= 15 is 0 Å². The number of nitrogens with two attached hydrogens (primary N) is 1. The van der Waals surface area contributed by atoms with Crippen molar-refractivity contribution in [2.75, 3.05) is 13.1 Å². The monoisotopic (exact) mass is 366 g/mol. The van der Waals surface area contributed by atoms with Crippen LogP contribution < -0.4 is 5.73 Å². The van der Waals surface area contributed by atoms with E-state index in [4.69, 9.17) is 5.73 Å². The minimum Gasteiger partial charge on any atom is -0.369 e. The fourth-order valence-corrected chi connectivity index (χ4v) is 3.53. The highest BCUT2D eigenvalue weighted by Crippen LogP contribution is 2.23. The lowest BCUT2D eigenvalue weighted by Gasteiger charge is -2.31. The van der Waals surface area contributed by atoms with Gasteiger partial charge in [0.2, 0.25) is 5.91 Å². The Morgan fingerprint density at radius 3 is 2.67 bits per heavy atom. The summed E-state index contributed by atoms with van der Waals surface area (Å²) >= 11 is 0. The van der Waals surface area contributed by atoms with Crippen LogP contribution in [0.4, 0.5) is 4.39 Å². The molecule has 0 aliphatic carbocycles. The first kappa shape index (κ1) is 17.2. The fraction of sp³-hybridized carbons (Fsp3) is 0.250. The van der Waals surface area contributed by atoms with Crippen molar-refractivity contribution in [2.24, 2.45) is 11.7 Å². The number of likely N-dealkylation sites (tertiary alicyclic amines) is 1. The van der Waals surface area contributed by atoms with Crippen molar-refractivity contribution in [3.05, 3.63) is 60.2 Å². The molecule has 6 nitrogen and oxygen atoms in total. The van der Waals surface area contributed by atoms with Gasteiger partial charge < -0.3 is 10.6 Å². The Morgan fingerprint density at radius 2 is 1.93 bits per heavy atom. The lowest BCUT2D eigenvalue weighted by atomic mass is 9.96. The average Bonchev–Trinajstić information content (AvgIpc) is 3.10. The maximum Gasteiger partial charge on any atom is 0.253 e. The number of halogens is 1. The maximum atomic E-state index is 13.5. The van der Waals surface area contributed by atoms with E-state index < -0.39 is 0 Å². The average molecular weight is 366 g/mol. The molecule has 1 atom stereocenters. The molecule has 1 aromatic carbocycles. The Bertz CT molecular complexity index is 1010. The Morgan fingerprint density at radius 1 is 1.15 bits per heavy atom. The molecule has 1 fully saturated rings. The summed E-state index contributed by atoms with van der Waals surface area (Å²) in [5.41, 5.74) is 8.16. The number of nitrogens with zero attached hydrogens (tertiary/aromatic N) is 3. The molecule has 0 bridgehead atoms. The minimum absolute atomic E-state index is 0.114. The number of fused-ring (bicyclic) bond motifs is 1. The van der Waals surface area contributed by atoms with E-state index in [1.54, 1.807) is 33.7 Å². The van der Waals surface area contributed by atoms with Crippen LogP contribution in [0.15, 0.2) is 48.8 Å². The van der Waals surface area contributed by atoms with Gasteiger partial charge in [0.05, 0.1) is 17.8 Å². The Balaban J connectivity index is 1.57. The molecule has 2 amide bonds. The van der Waals surface area contributed by atoms with Crippen LogP contribution in [0.1, 0.15) is 23.2 Å². The van der Waals surface area contributed by atoms with E-state index in [0.29, 0.717) is 24.3 Å². The molecule has 7 heteroatoms. The van der Waals surface area contributed by atoms with Gasteiger partial charge in [0.15, 0.2) is 0 Å². The van der Waals surface area contributed by atoms with Gasteiger partial charge in [-0.15, -0.1) is 0 Å². The van der Waals surface area contributed by atoms with E-state index in [-0.39, 0.29) is 23.5 Å². The zero-order chi connectivity index (χ0) is 19.0. The summed E-state index contributed by atoms with van der Waals surface area (Å²) in [7, 11) is 0. The predicted octanol–water partition coefficient (Wildman–Crippen LogP) is 2.48. The molecule has 1 aliphatic heterocycles. The molecule has 1 aliphatic rings. The molecular weight excluding hydrogens is 347 g/mol. The van der Waals surface area contributed by atoms with Gasteiger partial charge in [0.25, 0.3) is 5.91 Å². The van der Waals surface area contributed by atoms with Crippen molar-refractivity contribution in [3.63, 3.8) is 0 Å². The van der Waals surface area contributed by atoms with Gasteiger partial charge in [0.1, 0.15) is 11.5 Å². The van der Waals surface area contributed by atoms with Crippen LogP contribution in [0, 0.1) is 11.7 Å². The van der Waals surface area contributed by atoms with E-state index in [9.17, 15) is 14.0 Å². The summed E-state index contributed by atoms with van der Waals surface area (Å²) in [5.74, 6) is -1.10. The predicted molar refractivity (Wildman–Crippen MR) is 98.4 cm³/mol. The van der Waals surface area contributed by atoms with E-state index in [2.05, 4.69) is 4.98 Å². The molecular formula is C20H19FN4O2. The highest BCUT2D eigenvalue weighted by Gasteiger charge is 2.27. The number of rotatable bonds is 3. The second kappa shape index (κ2) is 6.83. The van der Waals surface area contributed by atoms with Crippen LogP contribution in [-0.2, 0) is 4.79 Å². The smallest absolute Gasteiger partial charge is 0.253 e. The molecule has 3 aromatic rings. The normalized spacial score (nSPS) is 17.2. The molecule has 0 saturated carbocycles. The van der Waals surface area contributed by atoms with E-state index in [1.807, 2.05) is 12.1 Å². The maximum absolute atomic E-state index is 13.5. The zero-order valence-electron chi connectivity index (χ0n) is 14.6. The quantitative estimate of drug-likeness (QED) is 0.773. The van der Waals surface area contributed by atoms with Crippen LogP contribution >= 0.6 is 0 Å². The standard InChI is InChI=1S/C20H19FN4O2/c21-16-7-8-18-23-10-17(25(18)12-16)13-3-5-14(6-4-13)20(27)24-9-1-2-15(11-24)19(22)26/h3-8,10,12,15H,1-2,9,11H2,(H2,22,26)/t15-/m1/s1. The summed E-state index contributed by atoms with van der Waals surface area (Å²) in [4.78, 5) is 30.1.